The number of carbonyl (C=O) groups is 1. The van der Waals surface area contributed by atoms with Crippen LogP contribution in [0.3, 0.4) is 0 Å². The molecule has 4 heteroatoms. The van der Waals surface area contributed by atoms with E-state index < -0.39 is 0 Å². The first kappa shape index (κ1) is 13.0. The van der Waals surface area contributed by atoms with Crippen LogP contribution in [0.2, 0.25) is 0 Å². The number of benzene rings is 1. The lowest BCUT2D eigenvalue weighted by Crippen LogP contribution is -2.17. The van der Waals surface area contributed by atoms with E-state index in [0.717, 1.165) is 16.7 Å². The molecule has 1 aromatic heterocycles. The van der Waals surface area contributed by atoms with E-state index in [0.29, 0.717) is 5.56 Å². The van der Waals surface area contributed by atoms with Crippen molar-refractivity contribution in [3.05, 3.63) is 65.0 Å². The van der Waals surface area contributed by atoms with Crippen LogP contribution in [0.1, 0.15) is 27.0 Å². The van der Waals surface area contributed by atoms with Crippen LogP contribution in [0.15, 0.2) is 47.8 Å². The van der Waals surface area contributed by atoms with Gasteiger partial charge in [0.15, 0.2) is 0 Å². The van der Waals surface area contributed by atoms with E-state index in [9.17, 15) is 4.79 Å². The van der Waals surface area contributed by atoms with Crippen LogP contribution < -0.4 is 5.43 Å². The van der Waals surface area contributed by atoms with Gasteiger partial charge in [0.2, 0.25) is 0 Å². The average molecular weight is 253 g/mol. The molecule has 0 fully saturated rings. The second-order valence-corrected chi connectivity index (χ2v) is 4.30. The Hall–Kier alpha value is -2.49. The van der Waals surface area contributed by atoms with Gasteiger partial charge in [0, 0.05) is 12.4 Å². The molecule has 1 aromatic carbocycles. The number of nitrogens with zero attached hydrogens (tertiary/aromatic N) is 2. The molecule has 0 radical (unpaired) electrons. The van der Waals surface area contributed by atoms with E-state index in [-0.39, 0.29) is 5.91 Å². The number of hydrogen-bond acceptors (Lipinski definition) is 3. The third kappa shape index (κ3) is 3.48. The summed E-state index contributed by atoms with van der Waals surface area (Å²) in [4.78, 5) is 15.6. The van der Waals surface area contributed by atoms with Gasteiger partial charge in [0.25, 0.3) is 5.91 Å². The number of carbonyl (C=O) groups excluding carboxylic acids is 1. The molecule has 0 aliphatic carbocycles. The lowest BCUT2D eigenvalue weighted by Gasteiger charge is -2.02. The molecule has 1 heterocycles. The van der Waals surface area contributed by atoms with Crippen molar-refractivity contribution in [3.63, 3.8) is 0 Å². The van der Waals surface area contributed by atoms with E-state index in [2.05, 4.69) is 15.5 Å². The van der Waals surface area contributed by atoms with Crippen molar-refractivity contribution in [3.8, 4) is 0 Å². The summed E-state index contributed by atoms with van der Waals surface area (Å²) >= 11 is 0. The largest absolute Gasteiger partial charge is 0.272 e. The van der Waals surface area contributed by atoms with Crippen molar-refractivity contribution >= 4 is 12.1 Å². The molecule has 1 amide bonds. The Morgan fingerprint density at radius 1 is 1.32 bits per heavy atom. The Balaban J connectivity index is 2.04. The van der Waals surface area contributed by atoms with Gasteiger partial charge < -0.3 is 0 Å². The molecule has 0 aliphatic heterocycles. The average Bonchev–Trinajstić information content (AvgIpc) is 2.43. The van der Waals surface area contributed by atoms with Crippen LogP contribution >= 0.6 is 0 Å². The third-order valence-electron chi connectivity index (χ3n) is 2.73. The summed E-state index contributed by atoms with van der Waals surface area (Å²) in [6.45, 7) is 4.02. The number of pyridine rings is 1. The van der Waals surface area contributed by atoms with Gasteiger partial charge in [-0.15, -0.1) is 0 Å². The highest BCUT2D eigenvalue weighted by Crippen LogP contribution is 2.07. The summed E-state index contributed by atoms with van der Waals surface area (Å²) < 4.78 is 0. The first-order chi connectivity index (χ1) is 9.16. The van der Waals surface area contributed by atoms with Gasteiger partial charge in [-0.05, 0) is 37.1 Å². The molecule has 0 aliphatic rings. The maximum atomic E-state index is 11.7. The minimum atomic E-state index is -0.269. The lowest BCUT2D eigenvalue weighted by atomic mass is 10.1. The van der Waals surface area contributed by atoms with Gasteiger partial charge in [-0.1, -0.05) is 23.8 Å². The monoisotopic (exact) mass is 253 g/mol. The molecule has 4 nitrogen and oxygen atoms in total. The van der Waals surface area contributed by atoms with E-state index in [1.807, 2.05) is 32.0 Å². The number of hydrazone groups is 1. The van der Waals surface area contributed by atoms with E-state index in [1.54, 1.807) is 24.5 Å². The quantitative estimate of drug-likeness (QED) is 0.674. The molecule has 19 heavy (non-hydrogen) atoms. The maximum Gasteiger partial charge on any atom is 0.272 e. The number of aromatic nitrogens is 1. The number of nitrogens with one attached hydrogen (secondary N) is 1. The van der Waals surface area contributed by atoms with Crippen LogP contribution in [0, 0.1) is 13.8 Å². The van der Waals surface area contributed by atoms with Gasteiger partial charge in [-0.3, -0.25) is 9.78 Å². The molecular weight excluding hydrogens is 238 g/mol. The van der Waals surface area contributed by atoms with Gasteiger partial charge in [-0.25, -0.2) is 5.43 Å². The Labute approximate surface area is 112 Å². The highest BCUT2D eigenvalue weighted by atomic mass is 16.2. The zero-order valence-corrected chi connectivity index (χ0v) is 10.9. The third-order valence-corrected chi connectivity index (χ3v) is 2.73. The van der Waals surface area contributed by atoms with E-state index in [4.69, 9.17) is 0 Å². The predicted octanol–water partition coefficient (Wildman–Crippen LogP) is 2.46. The summed E-state index contributed by atoms with van der Waals surface area (Å²) in [5, 5.41) is 3.97. The molecule has 0 unspecified atom stereocenters. The number of rotatable bonds is 3. The molecule has 1 N–H and O–H groups in total. The molecule has 0 saturated heterocycles. The molecule has 0 saturated carbocycles. The number of aryl methyl sites for hydroxylation is 2. The van der Waals surface area contributed by atoms with E-state index in [1.165, 1.54) is 6.20 Å². The van der Waals surface area contributed by atoms with Crippen molar-refractivity contribution in [2.45, 2.75) is 13.8 Å². The normalized spacial score (nSPS) is 10.6. The smallest absolute Gasteiger partial charge is 0.267 e. The summed E-state index contributed by atoms with van der Waals surface area (Å²) in [6, 6.07) is 9.49. The van der Waals surface area contributed by atoms with Crippen LogP contribution in [0.25, 0.3) is 0 Å². The maximum absolute atomic E-state index is 11.7. The fourth-order valence-corrected chi connectivity index (χ4v) is 1.62. The zero-order chi connectivity index (χ0) is 13.7. The molecule has 2 rings (SSSR count). The van der Waals surface area contributed by atoms with Crippen molar-refractivity contribution < 1.29 is 4.79 Å². The molecular formula is C15H15N3O. The van der Waals surface area contributed by atoms with Crippen LogP contribution in [0.5, 0.6) is 0 Å². The molecule has 2 aromatic rings. The predicted molar refractivity (Wildman–Crippen MR) is 75.2 cm³/mol. The van der Waals surface area contributed by atoms with Gasteiger partial charge in [-0.2, -0.15) is 5.10 Å². The van der Waals surface area contributed by atoms with Crippen molar-refractivity contribution in [2.75, 3.05) is 0 Å². The SMILES string of the molecule is Cc1ccc(C)c(/C=N/NC(=O)c2cccnc2)c1. The second-order valence-electron chi connectivity index (χ2n) is 4.30. The molecule has 0 bridgehead atoms. The summed E-state index contributed by atoms with van der Waals surface area (Å²) in [6.07, 6.45) is 4.77. The number of hydrogen-bond donors (Lipinski definition) is 1. The second kappa shape index (κ2) is 5.91. The van der Waals surface area contributed by atoms with Crippen LogP contribution in [-0.4, -0.2) is 17.1 Å². The molecule has 0 atom stereocenters. The van der Waals surface area contributed by atoms with Crippen LogP contribution in [0.4, 0.5) is 0 Å². The van der Waals surface area contributed by atoms with E-state index >= 15 is 0 Å². The highest BCUT2D eigenvalue weighted by Gasteiger charge is 2.02. The fraction of sp³-hybridized carbons (Fsp3) is 0.133. The van der Waals surface area contributed by atoms with Crippen LogP contribution in [-0.2, 0) is 0 Å². The Kier molecular flexibility index (Phi) is 4.03. The van der Waals surface area contributed by atoms with Crippen molar-refractivity contribution in [1.82, 2.24) is 10.4 Å². The van der Waals surface area contributed by atoms with Gasteiger partial charge >= 0.3 is 0 Å². The Morgan fingerprint density at radius 3 is 2.89 bits per heavy atom. The van der Waals surface area contributed by atoms with Crippen molar-refractivity contribution in [2.24, 2.45) is 5.10 Å². The Bertz CT molecular complexity index is 606. The minimum absolute atomic E-state index is 0.269. The first-order valence-corrected chi connectivity index (χ1v) is 5.97. The zero-order valence-electron chi connectivity index (χ0n) is 10.9. The topological polar surface area (TPSA) is 54.4 Å². The first-order valence-electron chi connectivity index (χ1n) is 5.97. The summed E-state index contributed by atoms with van der Waals surface area (Å²) in [5.74, 6) is -0.269. The summed E-state index contributed by atoms with van der Waals surface area (Å²) in [5.41, 5.74) is 6.24. The highest BCUT2D eigenvalue weighted by molar-refractivity contribution is 5.94. The lowest BCUT2D eigenvalue weighted by molar-refractivity contribution is 0.0955. The fourth-order valence-electron chi connectivity index (χ4n) is 1.62. The minimum Gasteiger partial charge on any atom is -0.267 e. The van der Waals surface area contributed by atoms with Gasteiger partial charge in [0.1, 0.15) is 0 Å². The number of amides is 1. The standard InChI is InChI=1S/C15H15N3O/c1-11-5-6-12(2)14(8-11)10-17-18-15(19)13-4-3-7-16-9-13/h3-10H,1-2H3,(H,18,19)/b17-10+. The molecule has 0 spiro atoms. The molecule has 96 valence electrons. The Morgan fingerprint density at radius 2 is 2.16 bits per heavy atom. The van der Waals surface area contributed by atoms with Crippen molar-refractivity contribution in [1.29, 1.82) is 0 Å². The summed E-state index contributed by atoms with van der Waals surface area (Å²) in [7, 11) is 0. The van der Waals surface area contributed by atoms with Gasteiger partial charge in [0.05, 0.1) is 11.8 Å².